The summed E-state index contributed by atoms with van der Waals surface area (Å²) >= 11 is 0. The summed E-state index contributed by atoms with van der Waals surface area (Å²) in [6.45, 7) is 1.71. The highest BCUT2D eigenvalue weighted by atomic mass is 32.2. The first kappa shape index (κ1) is 17.4. The molecule has 0 radical (unpaired) electrons. The molecule has 7 nitrogen and oxygen atoms in total. The summed E-state index contributed by atoms with van der Waals surface area (Å²) in [5.74, 6) is -0.570. The number of aliphatic carboxylic acids is 1. The molecule has 0 aliphatic carbocycles. The summed E-state index contributed by atoms with van der Waals surface area (Å²) in [4.78, 5) is 10.9. The van der Waals surface area contributed by atoms with Crippen LogP contribution in [0.15, 0.2) is 24.3 Å². The summed E-state index contributed by atoms with van der Waals surface area (Å²) in [5, 5.41) is 8.91. The second-order valence-electron chi connectivity index (χ2n) is 4.53. The number of hydrogen-bond donors (Lipinski definition) is 2. The van der Waals surface area contributed by atoms with Gasteiger partial charge in [-0.05, 0) is 24.1 Å². The van der Waals surface area contributed by atoms with Crippen LogP contribution in [0, 0.1) is 0 Å². The number of nitrogens with one attached hydrogen (secondary N) is 1. The number of carboxylic acids is 1. The Bertz CT molecular complexity index is 588. The Morgan fingerprint density at radius 1 is 1.48 bits per heavy atom. The fourth-order valence-electron chi connectivity index (χ4n) is 1.69. The lowest BCUT2D eigenvalue weighted by Gasteiger charge is -2.20. The SMILES string of the molecule is CC[C@@H](NS(=O)(=O)N(C)Cc1cccc(OC)c1)C(=O)O. The van der Waals surface area contributed by atoms with Gasteiger partial charge < -0.3 is 9.84 Å². The normalized spacial score (nSPS) is 13.1. The van der Waals surface area contributed by atoms with Crippen molar-refractivity contribution in [3.8, 4) is 5.75 Å². The Kier molecular flexibility index (Phi) is 6.13. The summed E-state index contributed by atoms with van der Waals surface area (Å²) in [5.41, 5.74) is 0.741. The third kappa shape index (κ3) is 5.00. The van der Waals surface area contributed by atoms with Crippen LogP contribution < -0.4 is 9.46 Å². The first-order valence-electron chi connectivity index (χ1n) is 6.39. The minimum absolute atomic E-state index is 0.114. The number of benzene rings is 1. The number of carboxylic acid groups (broad SMARTS) is 1. The van der Waals surface area contributed by atoms with Crippen LogP contribution in [0.4, 0.5) is 0 Å². The second kappa shape index (κ2) is 7.39. The van der Waals surface area contributed by atoms with E-state index in [4.69, 9.17) is 9.84 Å². The zero-order valence-corrected chi connectivity index (χ0v) is 13.1. The Morgan fingerprint density at radius 3 is 2.67 bits per heavy atom. The molecule has 0 spiro atoms. The molecule has 1 atom stereocenters. The Balaban J connectivity index is 2.81. The minimum atomic E-state index is -3.87. The van der Waals surface area contributed by atoms with E-state index in [9.17, 15) is 13.2 Å². The quantitative estimate of drug-likeness (QED) is 0.740. The lowest BCUT2D eigenvalue weighted by atomic mass is 10.2. The topological polar surface area (TPSA) is 95.9 Å². The van der Waals surface area contributed by atoms with Crippen molar-refractivity contribution in [1.29, 1.82) is 0 Å². The van der Waals surface area contributed by atoms with Gasteiger partial charge in [-0.25, -0.2) is 0 Å². The molecule has 0 unspecified atom stereocenters. The van der Waals surface area contributed by atoms with Crippen molar-refractivity contribution < 1.29 is 23.1 Å². The average Bonchev–Trinajstić information content (AvgIpc) is 2.44. The summed E-state index contributed by atoms with van der Waals surface area (Å²) in [6.07, 6.45) is 0.168. The van der Waals surface area contributed by atoms with Gasteiger partial charge in [0.25, 0.3) is 10.2 Å². The zero-order chi connectivity index (χ0) is 16.0. The van der Waals surface area contributed by atoms with Gasteiger partial charge in [-0.2, -0.15) is 17.4 Å². The van der Waals surface area contributed by atoms with E-state index < -0.39 is 22.2 Å². The molecule has 0 saturated heterocycles. The number of carbonyl (C=O) groups is 1. The molecular weight excluding hydrogens is 296 g/mol. The largest absolute Gasteiger partial charge is 0.497 e. The average molecular weight is 316 g/mol. The molecule has 2 N–H and O–H groups in total. The zero-order valence-electron chi connectivity index (χ0n) is 12.2. The van der Waals surface area contributed by atoms with Crippen molar-refractivity contribution in [2.24, 2.45) is 0 Å². The van der Waals surface area contributed by atoms with Crippen molar-refractivity contribution in [3.05, 3.63) is 29.8 Å². The van der Waals surface area contributed by atoms with Gasteiger partial charge in [0.15, 0.2) is 0 Å². The van der Waals surface area contributed by atoms with Crippen LogP contribution in [0.2, 0.25) is 0 Å². The van der Waals surface area contributed by atoms with Gasteiger partial charge in [0.1, 0.15) is 11.8 Å². The lowest BCUT2D eigenvalue weighted by molar-refractivity contribution is -0.139. The molecule has 0 aliphatic heterocycles. The van der Waals surface area contributed by atoms with Crippen molar-refractivity contribution in [3.63, 3.8) is 0 Å². The minimum Gasteiger partial charge on any atom is -0.497 e. The highest BCUT2D eigenvalue weighted by Crippen LogP contribution is 2.15. The van der Waals surface area contributed by atoms with Crippen LogP contribution in [0.25, 0.3) is 0 Å². The van der Waals surface area contributed by atoms with Crippen LogP contribution >= 0.6 is 0 Å². The van der Waals surface area contributed by atoms with Gasteiger partial charge in [-0.1, -0.05) is 19.1 Å². The number of rotatable bonds is 8. The Morgan fingerprint density at radius 2 is 2.14 bits per heavy atom. The second-order valence-corrected chi connectivity index (χ2v) is 6.34. The Hall–Kier alpha value is -1.64. The molecule has 1 aromatic rings. The maximum atomic E-state index is 12.1. The fraction of sp³-hybridized carbons (Fsp3) is 0.462. The van der Waals surface area contributed by atoms with Crippen molar-refractivity contribution in [2.45, 2.75) is 25.9 Å². The van der Waals surface area contributed by atoms with E-state index in [2.05, 4.69) is 4.72 Å². The highest BCUT2D eigenvalue weighted by Gasteiger charge is 2.25. The molecule has 0 saturated carbocycles. The molecule has 0 aromatic heterocycles. The maximum absolute atomic E-state index is 12.1. The molecule has 1 aromatic carbocycles. The summed E-state index contributed by atoms with van der Waals surface area (Å²) in [7, 11) is -0.960. The summed E-state index contributed by atoms with van der Waals surface area (Å²) in [6, 6.07) is 5.87. The van der Waals surface area contributed by atoms with Crippen LogP contribution in [-0.4, -0.2) is 44.0 Å². The molecule has 0 aliphatic rings. The third-order valence-corrected chi connectivity index (χ3v) is 4.48. The molecule has 0 fully saturated rings. The fourth-order valence-corrected chi connectivity index (χ4v) is 2.82. The van der Waals surface area contributed by atoms with Crippen LogP contribution in [0.5, 0.6) is 5.75 Å². The number of methoxy groups -OCH3 is 1. The van der Waals surface area contributed by atoms with E-state index in [1.165, 1.54) is 14.2 Å². The molecule has 8 heteroatoms. The van der Waals surface area contributed by atoms with E-state index in [-0.39, 0.29) is 13.0 Å². The van der Waals surface area contributed by atoms with E-state index in [1.807, 2.05) is 0 Å². The van der Waals surface area contributed by atoms with Crippen molar-refractivity contribution >= 4 is 16.2 Å². The highest BCUT2D eigenvalue weighted by molar-refractivity contribution is 7.87. The third-order valence-electron chi connectivity index (χ3n) is 2.95. The molecular formula is C13H20N2O5S. The lowest BCUT2D eigenvalue weighted by Crippen LogP contribution is -2.46. The predicted octanol–water partition coefficient (Wildman–Crippen LogP) is 0.825. The van der Waals surface area contributed by atoms with Crippen molar-refractivity contribution in [1.82, 2.24) is 9.03 Å². The maximum Gasteiger partial charge on any atom is 0.321 e. The van der Waals surface area contributed by atoms with E-state index in [0.29, 0.717) is 5.75 Å². The number of ether oxygens (including phenoxy) is 1. The Labute approximate surface area is 124 Å². The summed E-state index contributed by atoms with van der Waals surface area (Å²) < 4.78 is 32.5. The molecule has 0 amide bonds. The van der Waals surface area contributed by atoms with E-state index in [1.54, 1.807) is 31.2 Å². The molecule has 1 rings (SSSR count). The van der Waals surface area contributed by atoms with E-state index in [0.717, 1.165) is 9.87 Å². The first-order chi connectivity index (χ1) is 9.80. The van der Waals surface area contributed by atoms with Crippen LogP contribution in [0.3, 0.4) is 0 Å². The van der Waals surface area contributed by atoms with Gasteiger partial charge in [-0.15, -0.1) is 0 Å². The molecule has 0 bridgehead atoms. The van der Waals surface area contributed by atoms with Gasteiger partial charge in [0.2, 0.25) is 0 Å². The monoisotopic (exact) mass is 316 g/mol. The van der Waals surface area contributed by atoms with Gasteiger partial charge in [0, 0.05) is 13.6 Å². The van der Waals surface area contributed by atoms with Gasteiger partial charge in [-0.3, -0.25) is 4.79 Å². The van der Waals surface area contributed by atoms with Crippen LogP contribution in [-0.2, 0) is 21.5 Å². The van der Waals surface area contributed by atoms with Crippen LogP contribution in [0.1, 0.15) is 18.9 Å². The molecule has 118 valence electrons. The van der Waals surface area contributed by atoms with Gasteiger partial charge >= 0.3 is 5.97 Å². The van der Waals surface area contributed by atoms with E-state index >= 15 is 0 Å². The first-order valence-corrected chi connectivity index (χ1v) is 7.83. The van der Waals surface area contributed by atoms with Gasteiger partial charge in [0.05, 0.1) is 7.11 Å². The molecule has 21 heavy (non-hydrogen) atoms. The standard InChI is InChI=1S/C13H20N2O5S/c1-4-12(13(16)17)14-21(18,19)15(2)9-10-6-5-7-11(8-10)20-3/h5-8,12,14H,4,9H2,1-3H3,(H,16,17)/t12-/m1/s1. The van der Waals surface area contributed by atoms with Crippen molar-refractivity contribution in [2.75, 3.05) is 14.2 Å². The molecule has 0 heterocycles. The number of nitrogens with zero attached hydrogens (tertiary/aromatic N) is 1. The number of hydrogen-bond acceptors (Lipinski definition) is 4. The smallest absolute Gasteiger partial charge is 0.321 e. The predicted molar refractivity (Wildman–Crippen MR) is 78.2 cm³/mol.